The first-order valence-corrected chi connectivity index (χ1v) is 24.0. The van der Waals surface area contributed by atoms with Crippen molar-refractivity contribution in [3.8, 4) is 97.4 Å². The molecule has 0 bridgehead atoms. The van der Waals surface area contributed by atoms with Gasteiger partial charge in [-0.3, -0.25) is 0 Å². The van der Waals surface area contributed by atoms with E-state index in [1.54, 1.807) is 112 Å². The van der Waals surface area contributed by atoms with Crippen LogP contribution in [-0.2, 0) is 6.18 Å². The molecule has 7 nitrogen and oxygen atoms in total. The third kappa shape index (κ3) is 7.49. The number of hydrogen-bond donors (Lipinski definition) is 0. The van der Waals surface area contributed by atoms with Crippen LogP contribution in [0, 0.1) is 56.7 Å². The van der Waals surface area contributed by atoms with Crippen LogP contribution < -0.4 is 0 Å². The summed E-state index contributed by atoms with van der Waals surface area (Å²) in [4.78, 5) is 0. The molecule has 12 rings (SSSR count). The Morgan fingerprint density at radius 2 is 0.671 bits per heavy atom. The number of benzene rings is 10. The maximum atomic E-state index is 17.5. The zero-order valence-electron chi connectivity index (χ0n) is 39.9. The van der Waals surface area contributed by atoms with Gasteiger partial charge in [0.15, 0.2) is 0 Å². The molecular formula is C66H34F3N7. The van der Waals surface area contributed by atoms with E-state index in [1.165, 1.54) is 6.07 Å². The zero-order valence-corrected chi connectivity index (χ0v) is 39.9. The van der Waals surface area contributed by atoms with Gasteiger partial charge >= 0.3 is 6.18 Å². The molecular weight excluding hydrogens is 948 g/mol. The number of nitriles is 5. The van der Waals surface area contributed by atoms with Gasteiger partial charge in [0, 0.05) is 27.1 Å². The first-order valence-electron chi connectivity index (χ1n) is 24.0. The Hall–Kier alpha value is -11.0. The van der Waals surface area contributed by atoms with Crippen LogP contribution in [0.25, 0.3) is 111 Å². The van der Waals surface area contributed by atoms with Crippen LogP contribution in [0.1, 0.15) is 33.4 Å². The van der Waals surface area contributed by atoms with Crippen molar-refractivity contribution in [1.82, 2.24) is 9.13 Å². The highest BCUT2D eigenvalue weighted by molar-refractivity contribution is 6.14. The van der Waals surface area contributed by atoms with E-state index in [9.17, 15) is 26.3 Å². The summed E-state index contributed by atoms with van der Waals surface area (Å²) in [5.41, 5.74) is 7.32. The van der Waals surface area contributed by atoms with Crippen LogP contribution in [0.4, 0.5) is 13.2 Å². The van der Waals surface area contributed by atoms with Gasteiger partial charge in [-0.1, -0.05) is 140 Å². The van der Waals surface area contributed by atoms with Crippen molar-refractivity contribution in [3.05, 3.63) is 240 Å². The van der Waals surface area contributed by atoms with Crippen molar-refractivity contribution in [3.63, 3.8) is 0 Å². The maximum absolute atomic E-state index is 17.5. The van der Waals surface area contributed by atoms with Crippen LogP contribution in [0.2, 0.25) is 0 Å². The Kier molecular flexibility index (Phi) is 11.1. The molecule has 12 aromatic rings. The van der Waals surface area contributed by atoms with Gasteiger partial charge in [0.2, 0.25) is 0 Å². The van der Waals surface area contributed by atoms with E-state index in [-0.39, 0.29) is 22.5 Å². The lowest BCUT2D eigenvalue weighted by molar-refractivity contribution is -0.137. The van der Waals surface area contributed by atoms with Crippen LogP contribution in [-0.4, -0.2) is 9.13 Å². The van der Waals surface area contributed by atoms with Gasteiger partial charge in [-0.25, -0.2) is 0 Å². The van der Waals surface area contributed by atoms with Gasteiger partial charge < -0.3 is 9.13 Å². The highest BCUT2D eigenvalue weighted by Gasteiger charge is 2.41. The smallest absolute Gasteiger partial charge is 0.309 e. The van der Waals surface area contributed by atoms with Gasteiger partial charge in [0.1, 0.15) is 5.56 Å². The van der Waals surface area contributed by atoms with Crippen molar-refractivity contribution < 1.29 is 13.2 Å². The van der Waals surface area contributed by atoms with E-state index >= 15 is 13.2 Å². The molecule has 0 aliphatic carbocycles. The fourth-order valence-corrected chi connectivity index (χ4v) is 10.8. The zero-order chi connectivity index (χ0) is 52.2. The lowest BCUT2D eigenvalue weighted by atomic mass is 9.95. The molecule has 354 valence electrons. The van der Waals surface area contributed by atoms with E-state index in [1.807, 2.05) is 97.1 Å². The maximum Gasteiger partial charge on any atom is 0.420 e. The lowest BCUT2D eigenvalue weighted by Crippen LogP contribution is -2.17. The predicted molar refractivity (Wildman–Crippen MR) is 291 cm³/mol. The van der Waals surface area contributed by atoms with Crippen LogP contribution in [0.15, 0.2) is 206 Å². The van der Waals surface area contributed by atoms with Gasteiger partial charge in [-0.2, -0.15) is 39.5 Å². The summed E-state index contributed by atoms with van der Waals surface area (Å²) in [7, 11) is 0. The minimum absolute atomic E-state index is 0.172. The second-order valence-corrected chi connectivity index (χ2v) is 18.3. The Morgan fingerprint density at radius 3 is 1.03 bits per heavy atom. The minimum atomic E-state index is -5.09. The Bertz CT molecular complexity index is 4420. The number of nitrogens with zero attached hydrogens (tertiary/aromatic N) is 7. The number of rotatable bonds is 7. The van der Waals surface area contributed by atoms with E-state index < -0.39 is 11.7 Å². The van der Waals surface area contributed by atoms with E-state index in [0.29, 0.717) is 116 Å². The molecule has 0 fully saturated rings. The number of halogens is 3. The lowest BCUT2D eigenvalue weighted by Gasteiger charge is -2.25. The second kappa shape index (κ2) is 18.3. The summed E-state index contributed by atoms with van der Waals surface area (Å²) in [6.07, 6.45) is -5.09. The van der Waals surface area contributed by atoms with Gasteiger partial charge in [-0.15, -0.1) is 0 Å². The number of fused-ring (bicyclic) bond motifs is 6. The molecule has 0 N–H and O–H groups in total. The van der Waals surface area contributed by atoms with Crippen LogP contribution in [0.5, 0.6) is 0 Å². The molecule has 0 saturated carbocycles. The molecule has 10 aromatic carbocycles. The molecule has 0 amide bonds. The summed E-state index contributed by atoms with van der Waals surface area (Å²) >= 11 is 0. The van der Waals surface area contributed by atoms with E-state index in [0.717, 1.165) is 0 Å². The van der Waals surface area contributed by atoms with Crippen molar-refractivity contribution in [2.75, 3.05) is 0 Å². The molecule has 0 unspecified atom stereocenters. The molecule has 0 aliphatic heterocycles. The summed E-state index contributed by atoms with van der Waals surface area (Å²) in [6.45, 7) is 0. The first kappa shape index (κ1) is 46.1. The normalized spacial score (nSPS) is 11.3. The molecule has 0 atom stereocenters. The molecule has 10 heteroatoms. The predicted octanol–water partition coefficient (Wildman–Crippen LogP) is 16.6. The van der Waals surface area contributed by atoms with Gasteiger partial charge in [0.25, 0.3) is 0 Å². The fourth-order valence-electron chi connectivity index (χ4n) is 10.8. The van der Waals surface area contributed by atoms with Crippen molar-refractivity contribution in [1.29, 1.82) is 26.3 Å². The van der Waals surface area contributed by atoms with Gasteiger partial charge in [-0.05, 0) is 117 Å². The number of aromatic nitrogens is 2. The Balaban J connectivity index is 1.28. The Morgan fingerprint density at radius 1 is 0.316 bits per heavy atom. The molecule has 76 heavy (non-hydrogen) atoms. The molecule has 0 aliphatic rings. The third-order valence-electron chi connectivity index (χ3n) is 14.2. The topological polar surface area (TPSA) is 129 Å². The highest BCUT2D eigenvalue weighted by Crippen LogP contribution is 2.49. The number of hydrogen-bond acceptors (Lipinski definition) is 5. The summed E-state index contributed by atoms with van der Waals surface area (Å²) in [6, 6.07) is 71.3. The van der Waals surface area contributed by atoms with Crippen molar-refractivity contribution in [2.24, 2.45) is 0 Å². The molecule has 0 spiro atoms. The summed E-state index contributed by atoms with van der Waals surface area (Å²) < 4.78 is 55.7. The monoisotopic (exact) mass is 981 g/mol. The van der Waals surface area contributed by atoms with E-state index in [4.69, 9.17) is 0 Å². The van der Waals surface area contributed by atoms with Crippen LogP contribution >= 0.6 is 0 Å². The minimum Gasteiger partial charge on any atom is -0.309 e. The molecule has 0 saturated heterocycles. The fraction of sp³-hybridized carbons (Fsp3) is 0.0152. The molecule has 0 radical (unpaired) electrons. The molecule has 2 aromatic heterocycles. The first-order chi connectivity index (χ1) is 37.1. The standard InChI is InChI=1S/C66H34F3N7/c67-66(68,69)64-59(75-60-31-42(50-16-5-1-11-46(50)36-71)20-24-55(60)56-25-21-43(32-61(56)75)51-17-6-2-12-47(51)37-72)29-28-54(41-15-9-10-40(30-41)35-70)65(64)76-62-33-44(52-18-7-3-13-48(52)38-73)22-26-57(62)58-27-23-45(34-63(58)76)53-19-8-4-14-49(53)39-74/h1-34H. The summed E-state index contributed by atoms with van der Waals surface area (Å²) in [5, 5.41) is 53.8. The largest absolute Gasteiger partial charge is 0.420 e. The Labute approximate surface area is 433 Å². The van der Waals surface area contributed by atoms with Gasteiger partial charge in [0.05, 0.1) is 91.6 Å². The third-order valence-corrected chi connectivity index (χ3v) is 14.2. The summed E-state index contributed by atoms with van der Waals surface area (Å²) in [5.74, 6) is 0. The second-order valence-electron chi connectivity index (χ2n) is 18.3. The average molecular weight is 982 g/mol. The van der Waals surface area contributed by atoms with Crippen molar-refractivity contribution >= 4 is 43.6 Å². The number of alkyl halides is 3. The quantitative estimate of drug-likeness (QED) is 0.157. The molecule has 2 heterocycles. The van der Waals surface area contributed by atoms with E-state index in [2.05, 4.69) is 30.3 Å². The van der Waals surface area contributed by atoms with Crippen molar-refractivity contribution in [2.45, 2.75) is 6.18 Å². The highest BCUT2D eigenvalue weighted by atomic mass is 19.4. The van der Waals surface area contributed by atoms with Crippen LogP contribution in [0.3, 0.4) is 0 Å². The average Bonchev–Trinajstić information content (AvgIpc) is 4.16. The SMILES string of the molecule is N#Cc1cccc(-c2ccc(-n3c4cc(-c5ccccc5C#N)ccc4c4ccc(-c5ccccc5C#N)cc43)c(C(F)(F)F)c2-n2c3cc(-c4ccccc4C#N)ccc3c3ccc(-c4ccccc4C#N)cc32)c1.